The van der Waals surface area contributed by atoms with Crippen LogP contribution >= 0.6 is 0 Å². The molecular formula is C24H24Cl2O2Zr. The Bertz CT molecular complexity index is 1020. The van der Waals surface area contributed by atoms with Gasteiger partial charge in [0.1, 0.15) is 11.5 Å². The number of rotatable bonds is 0. The molecule has 0 atom stereocenters. The first-order valence-electron chi connectivity index (χ1n) is 8.76. The van der Waals surface area contributed by atoms with E-state index in [2.05, 4.69) is 0 Å². The molecule has 0 saturated heterocycles. The number of halogens is 2. The first kappa shape index (κ1) is 27.5. The van der Waals surface area contributed by atoms with E-state index in [1.807, 2.05) is 88.4 Å². The van der Waals surface area contributed by atoms with Crippen molar-refractivity contribution in [2.75, 3.05) is 0 Å². The first-order valence-corrected chi connectivity index (χ1v) is 8.76. The molecule has 2 N–H and O–H groups in total. The van der Waals surface area contributed by atoms with E-state index < -0.39 is 0 Å². The molecule has 4 rings (SSSR count). The molecule has 4 aromatic carbocycles. The molecule has 0 bridgehead atoms. The molecule has 0 aliphatic rings. The van der Waals surface area contributed by atoms with E-state index in [1.54, 1.807) is 0 Å². The Labute approximate surface area is 203 Å². The Hall–Kier alpha value is -1.54. The van der Waals surface area contributed by atoms with Crippen molar-refractivity contribution >= 4 is 21.5 Å². The van der Waals surface area contributed by atoms with Gasteiger partial charge in [-0.1, -0.05) is 60.7 Å². The summed E-state index contributed by atoms with van der Waals surface area (Å²) in [6.07, 6.45) is 0. The van der Waals surface area contributed by atoms with Gasteiger partial charge in [0, 0.05) is 10.8 Å². The average Bonchev–Trinajstić information content (AvgIpc) is 2.62. The van der Waals surface area contributed by atoms with Crippen LogP contribution in [-0.4, -0.2) is 10.2 Å². The molecule has 29 heavy (non-hydrogen) atoms. The molecule has 0 unspecified atom stereocenters. The van der Waals surface area contributed by atoms with Crippen LogP contribution in [-0.2, 0) is 26.2 Å². The van der Waals surface area contributed by atoms with E-state index in [0.29, 0.717) is 11.5 Å². The van der Waals surface area contributed by atoms with E-state index in [1.165, 1.54) is 0 Å². The molecule has 150 valence electrons. The van der Waals surface area contributed by atoms with Crippen molar-refractivity contribution in [1.29, 1.82) is 0 Å². The van der Waals surface area contributed by atoms with Gasteiger partial charge in [-0.25, -0.2) is 0 Å². The minimum Gasteiger partial charge on any atom is -1.00 e. The van der Waals surface area contributed by atoms with E-state index in [9.17, 15) is 10.2 Å². The van der Waals surface area contributed by atoms with Crippen LogP contribution in [0, 0.1) is 27.7 Å². The smallest absolute Gasteiger partial charge is 1.00 e. The molecule has 0 radical (unpaired) electrons. The molecule has 0 fully saturated rings. The van der Waals surface area contributed by atoms with Crippen molar-refractivity contribution < 1.29 is 61.2 Å². The van der Waals surface area contributed by atoms with Crippen molar-refractivity contribution in [2.45, 2.75) is 27.7 Å². The van der Waals surface area contributed by atoms with E-state index in [4.69, 9.17) is 0 Å². The molecule has 5 heteroatoms. The van der Waals surface area contributed by atoms with Gasteiger partial charge in [0.25, 0.3) is 0 Å². The summed E-state index contributed by atoms with van der Waals surface area (Å²) in [7, 11) is 0. The molecule has 0 spiro atoms. The van der Waals surface area contributed by atoms with Crippen LogP contribution < -0.4 is 24.8 Å². The number of fused-ring (bicyclic) bond motifs is 2. The summed E-state index contributed by atoms with van der Waals surface area (Å²) in [5.74, 6) is 0.825. The zero-order chi connectivity index (χ0) is 18.8. The van der Waals surface area contributed by atoms with Crippen LogP contribution in [0.15, 0.2) is 60.7 Å². The Kier molecular flexibility index (Phi) is 11.0. The van der Waals surface area contributed by atoms with Crippen LogP contribution in [0.3, 0.4) is 0 Å². The van der Waals surface area contributed by atoms with Crippen LogP contribution in [0.2, 0.25) is 0 Å². The van der Waals surface area contributed by atoms with Gasteiger partial charge in [-0.3, -0.25) is 0 Å². The average molecular weight is 507 g/mol. The van der Waals surface area contributed by atoms with Gasteiger partial charge in [-0.2, -0.15) is 0 Å². The maximum absolute atomic E-state index is 9.84. The molecule has 2 nitrogen and oxygen atoms in total. The third-order valence-electron chi connectivity index (χ3n) is 4.86. The van der Waals surface area contributed by atoms with E-state index in [-0.39, 0.29) is 51.0 Å². The zero-order valence-corrected chi connectivity index (χ0v) is 20.9. The first-order chi connectivity index (χ1) is 12.4. The second kappa shape index (κ2) is 11.6. The topological polar surface area (TPSA) is 40.5 Å². The van der Waals surface area contributed by atoms with E-state index in [0.717, 1.165) is 43.8 Å². The van der Waals surface area contributed by atoms with Crippen molar-refractivity contribution in [2.24, 2.45) is 0 Å². The molecule has 0 aromatic heterocycles. The molecule has 4 aromatic rings. The molecule has 0 aliphatic carbocycles. The second-order valence-corrected chi connectivity index (χ2v) is 6.81. The third-order valence-corrected chi connectivity index (χ3v) is 4.86. The van der Waals surface area contributed by atoms with Gasteiger partial charge in [-0.15, -0.1) is 0 Å². The predicted octanol–water partition coefficient (Wildman–Crippen LogP) is 0.330. The van der Waals surface area contributed by atoms with Crippen LogP contribution in [0.5, 0.6) is 11.5 Å². The Balaban J connectivity index is 0.000000490. The predicted molar refractivity (Wildman–Crippen MR) is 110 cm³/mol. The summed E-state index contributed by atoms with van der Waals surface area (Å²) in [6.45, 7) is 7.87. The summed E-state index contributed by atoms with van der Waals surface area (Å²) in [4.78, 5) is 0. The monoisotopic (exact) mass is 504 g/mol. The fourth-order valence-corrected chi connectivity index (χ4v) is 3.29. The van der Waals surface area contributed by atoms with Gasteiger partial charge >= 0.3 is 26.2 Å². The van der Waals surface area contributed by atoms with Gasteiger partial charge < -0.3 is 35.0 Å². The van der Waals surface area contributed by atoms with Crippen molar-refractivity contribution in [1.82, 2.24) is 0 Å². The van der Waals surface area contributed by atoms with Crippen molar-refractivity contribution in [3.8, 4) is 11.5 Å². The van der Waals surface area contributed by atoms with Gasteiger partial charge in [0.15, 0.2) is 0 Å². The molecule has 0 heterocycles. The van der Waals surface area contributed by atoms with Crippen molar-refractivity contribution in [3.63, 3.8) is 0 Å². The number of aryl methyl sites for hydroxylation is 4. The van der Waals surface area contributed by atoms with Crippen LogP contribution in [0.1, 0.15) is 22.3 Å². The van der Waals surface area contributed by atoms with Gasteiger partial charge in [0.2, 0.25) is 0 Å². The van der Waals surface area contributed by atoms with Crippen molar-refractivity contribution in [3.05, 3.63) is 82.9 Å². The Morgan fingerprint density at radius 2 is 0.828 bits per heavy atom. The number of aromatic hydroxyl groups is 2. The second-order valence-electron chi connectivity index (χ2n) is 6.81. The maximum Gasteiger partial charge on any atom is 2.00 e. The number of phenolic OH excluding ortho intramolecular Hbond substituents is 2. The molecule has 0 amide bonds. The summed E-state index contributed by atoms with van der Waals surface area (Å²) in [6, 6.07) is 20.0. The third kappa shape index (κ3) is 5.75. The Morgan fingerprint density at radius 1 is 0.483 bits per heavy atom. The van der Waals surface area contributed by atoms with Gasteiger partial charge in [0.05, 0.1) is 0 Å². The summed E-state index contributed by atoms with van der Waals surface area (Å²) >= 11 is 0. The quantitative estimate of drug-likeness (QED) is 0.361. The summed E-state index contributed by atoms with van der Waals surface area (Å²) in [5, 5.41) is 23.8. The normalized spacial score (nSPS) is 9.52. The molecule has 0 aliphatic heterocycles. The molecular weight excluding hydrogens is 482 g/mol. The maximum atomic E-state index is 9.84. The number of benzene rings is 4. The number of hydrogen-bond donors (Lipinski definition) is 2. The minimum atomic E-state index is 0. The zero-order valence-electron chi connectivity index (χ0n) is 16.9. The number of hydrogen-bond acceptors (Lipinski definition) is 2. The summed E-state index contributed by atoms with van der Waals surface area (Å²) < 4.78 is 0. The number of phenols is 2. The van der Waals surface area contributed by atoms with E-state index >= 15 is 0 Å². The van der Waals surface area contributed by atoms with Crippen LogP contribution in [0.25, 0.3) is 21.5 Å². The SMILES string of the molecule is Cc1ccc2cccc(C)c2c1O.Cc1ccc2cccc(C)c2c1O.[Cl-].[Cl-].[Zr+2]. The largest absolute Gasteiger partial charge is 2.00 e. The fourth-order valence-electron chi connectivity index (χ4n) is 3.29. The Morgan fingerprint density at radius 3 is 1.17 bits per heavy atom. The fraction of sp³-hybridized carbons (Fsp3) is 0.167. The minimum absolute atomic E-state index is 0. The van der Waals surface area contributed by atoms with Gasteiger partial charge in [-0.05, 0) is 60.7 Å². The van der Waals surface area contributed by atoms with Crippen LogP contribution in [0.4, 0.5) is 0 Å². The standard InChI is InChI=1S/2C12H12O.2ClH.Zr/c2*1-8-4-3-5-10-7-6-9(2)12(13)11(8)10;;;/h2*3-7,13H,1-2H3;2*1H;/q;;;;+2/p-2. The molecule has 0 saturated carbocycles. The summed E-state index contributed by atoms with van der Waals surface area (Å²) in [5.41, 5.74) is 4.11.